The van der Waals surface area contributed by atoms with Gasteiger partial charge in [0.1, 0.15) is 12.5 Å². The molecular formula is C15H18N4O4. The van der Waals surface area contributed by atoms with Crippen LogP contribution in [0.25, 0.3) is 0 Å². The normalized spacial score (nSPS) is 14.3. The van der Waals surface area contributed by atoms with Crippen LogP contribution in [0, 0.1) is 0 Å². The van der Waals surface area contributed by atoms with Gasteiger partial charge in [0.05, 0.1) is 0 Å². The minimum absolute atomic E-state index is 0.237. The molecule has 122 valence electrons. The van der Waals surface area contributed by atoms with Crippen molar-refractivity contribution >= 4 is 11.8 Å². The third kappa shape index (κ3) is 3.41. The maximum absolute atomic E-state index is 12.0. The van der Waals surface area contributed by atoms with E-state index < -0.39 is 0 Å². The molecule has 0 saturated heterocycles. The molecule has 23 heavy (non-hydrogen) atoms. The summed E-state index contributed by atoms with van der Waals surface area (Å²) in [7, 11) is 1.63. The fourth-order valence-electron chi connectivity index (χ4n) is 2.28. The molecule has 1 N–H and O–H groups in total. The Kier molecular flexibility index (Phi) is 4.40. The quantitative estimate of drug-likeness (QED) is 0.864. The fourth-order valence-corrected chi connectivity index (χ4v) is 2.28. The van der Waals surface area contributed by atoms with Crippen molar-refractivity contribution in [3.63, 3.8) is 0 Å². The zero-order valence-corrected chi connectivity index (χ0v) is 12.8. The van der Waals surface area contributed by atoms with Crippen LogP contribution in [0.1, 0.15) is 52.0 Å². The van der Waals surface area contributed by atoms with Crippen LogP contribution in [0.5, 0.6) is 0 Å². The Morgan fingerprint density at radius 2 is 2.17 bits per heavy atom. The molecule has 0 aliphatic heterocycles. The van der Waals surface area contributed by atoms with Crippen LogP contribution in [0.15, 0.2) is 27.8 Å². The van der Waals surface area contributed by atoms with Gasteiger partial charge in [-0.25, -0.2) is 9.97 Å². The molecule has 0 bridgehead atoms. The third-order valence-electron chi connectivity index (χ3n) is 3.94. The van der Waals surface area contributed by atoms with Crippen LogP contribution in [0.2, 0.25) is 0 Å². The van der Waals surface area contributed by atoms with E-state index in [2.05, 4.69) is 15.3 Å². The van der Waals surface area contributed by atoms with Crippen molar-refractivity contribution < 1.29 is 18.4 Å². The second-order valence-corrected chi connectivity index (χ2v) is 5.56. The topological polar surface area (TPSA) is 101 Å². The van der Waals surface area contributed by atoms with Crippen molar-refractivity contribution in [2.45, 2.75) is 25.2 Å². The number of rotatable bonds is 6. The van der Waals surface area contributed by atoms with Crippen molar-refractivity contribution in [2.75, 3.05) is 20.1 Å². The Hall–Kier alpha value is -2.64. The predicted octanol–water partition coefficient (Wildman–Crippen LogP) is 1.43. The highest BCUT2D eigenvalue weighted by molar-refractivity contribution is 5.92. The number of hydrogen-bond acceptors (Lipinski definition) is 6. The molecule has 0 radical (unpaired) electrons. The first-order valence-electron chi connectivity index (χ1n) is 7.52. The molecule has 8 heteroatoms. The number of amides is 2. The average molecular weight is 318 g/mol. The summed E-state index contributed by atoms with van der Waals surface area (Å²) in [6.07, 6.45) is 7.18. The Balaban J connectivity index is 1.45. The SMILES string of the molecule is CN(CCNC(=O)c1coc(C2CCC2)n1)C(=O)c1cocn1. The van der Waals surface area contributed by atoms with E-state index in [1.54, 1.807) is 7.05 Å². The number of aromatic nitrogens is 2. The molecule has 2 amide bonds. The lowest BCUT2D eigenvalue weighted by molar-refractivity contribution is 0.0781. The number of hydrogen-bond donors (Lipinski definition) is 1. The maximum atomic E-state index is 12.0. The molecule has 0 unspecified atom stereocenters. The van der Waals surface area contributed by atoms with Crippen LogP contribution in [-0.2, 0) is 0 Å². The van der Waals surface area contributed by atoms with Gasteiger partial charge >= 0.3 is 0 Å². The Labute approximate surface area is 132 Å². The smallest absolute Gasteiger partial charge is 0.275 e. The van der Waals surface area contributed by atoms with Crippen LogP contribution in [0.3, 0.4) is 0 Å². The van der Waals surface area contributed by atoms with E-state index in [9.17, 15) is 9.59 Å². The van der Waals surface area contributed by atoms with Gasteiger partial charge in [-0.1, -0.05) is 6.42 Å². The molecule has 3 rings (SSSR count). The second-order valence-electron chi connectivity index (χ2n) is 5.56. The van der Waals surface area contributed by atoms with Crippen molar-refractivity contribution in [1.29, 1.82) is 0 Å². The van der Waals surface area contributed by atoms with Gasteiger partial charge in [0, 0.05) is 26.1 Å². The monoisotopic (exact) mass is 318 g/mol. The highest BCUT2D eigenvalue weighted by Gasteiger charge is 2.25. The number of oxazole rings is 2. The molecule has 2 aromatic heterocycles. The first kappa shape index (κ1) is 15.3. The van der Waals surface area contributed by atoms with E-state index >= 15 is 0 Å². The van der Waals surface area contributed by atoms with E-state index in [0.717, 1.165) is 12.8 Å². The van der Waals surface area contributed by atoms with Gasteiger partial charge in [-0.15, -0.1) is 0 Å². The van der Waals surface area contributed by atoms with Crippen molar-refractivity contribution in [3.8, 4) is 0 Å². The summed E-state index contributed by atoms with van der Waals surface area (Å²) >= 11 is 0. The molecule has 0 atom stereocenters. The molecule has 1 saturated carbocycles. The van der Waals surface area contributed by atoms with Gasteiger partial charge in [-0.05, 0) is 12.8 Å². The number of carbonyl (C=O) groups excluding carboxylic acids is 2. The molecule has 2 aromatic rings. The van der Waals surface area contributed by atoms with Gasteiger partial charge in [0.2, 0.25) is 0 Å². The van der Waals surface area contributed by atoms with E-state index in [4.69, 9.17) is 8.83 Å². The van der Waals surface area contributed by atoms with Gasteiger partial charge in [-0.3, -0.25) is 9.59 Å². The summed E-state index contributed by atoms with van der Waals surface area (Å²) in [5.41, 5.74) is 0.512. The standard InChI is InChI=1S/C15H18N4O4/c1-19(15(21)12-7-22-9-17-12)6-5-16-13(20)11-8-23-14(18-11)10-3-2-4-10/h7-10H,2-6H2,1H3,(H,16,20). The van der Waals surface area contributed by atoms with E-state index in [0.29, 0.717) is 24.9 Å². The lowest BCUT2D eigenvalue weighted by atomic mass is 9.85. The average Bonchev–Trinajstić information content (AvgIpc) is 3.16. The highest BCUT2D eigenvalue weighted by Crippen LogP contribution is 2.35. The first-order chi connectivity index (χ1) is 11.1. The zero-order valence-electron chi connectivity index (χ0n) is 12.8. The Morgan fingerprint density at radius 3 is 2.83 bits per heavy atom. The third-order valence-corrected chi connectivity index (χ3v) is 3.94. The molecule has 8 nitrogen and oxygen atoms in total. The fraction of sp³-hybridized carbons (Fsp3) is 0.467. The maximum Gasteiger partial charge on any atom is 0.275 e. The number of nitrogens with one attached hydrogen (secondary N) is 1. The van der Waals surface area contributed by atoms with Gasteiger partial charge in [0.25, 0.3) is 11.8 Å². The summed E-state index contributed by atoms with van der Waals surface area (Å²) in [6.45, 7) is 0.662. The van der Waals surface area contributed by atoms with Crippen molar-refractivity contribution in [1.82, 2.24) is 20.2 Å². The number of carbonyl (C=O) groups is 2. The molecule has 1 aliphatic carbocycles. The molecule has 1 fully saturated rings. The summed E-state index contributed by atoms with van der Waals surface area (Å²) in [4.78, 5) is 33.4. The number of likely N-dealkylation sites (N-methyl/N-ethyl adjacent to an activating group) is 1. The lowest BCUT2D eigenvalue weighted by Gasteiger charge is -2.21. The van der Waals surface area contributed by atoms with E-state index in [-0.39, 0.29) is 23.2 Å². The molecular weight excluding hydrogens is 300 g/mol. The highest BCUT2D eigenvalue weighted by atomic mass is 16.3. The Bertz CT molecular complexity index is 675. The summed E-state index contributed by atoms with van der Waals surface area (Å²) in [6, 6.07) is 0. The molecule has 0 aromatic carbocycles. The van der Waals surface area contributed by atoms with Gasteiger partial charge in [0.15, 0.2) is 23.7 Å². The molecule has 2 heterocycles. The van der Waals surface area contributed by atoms with Crippen LogP contribution in [0.4, 0.5) is 0 Å². The minimum atomic E-state index is -0.304. The number of nitrogens with zero attached hydrogens (tertiary/aromatic N) is 3. The summed E-state index contributed by atoms with van der Waals surface area (Å²) in [5, 5.41) is 2.72. The lowest BCUT2D eigenvalue weighted by Crippen LogP contribution is -2.36. The van der Waals surface area contributed by atoms with Crippen molar-refractivity contribution in [3.05, 3.63) is 36.2 Å². The van der Waals surface area contributed by atoms with E-state index in [1.165, 1.54) is 30.2 Å². The summed E-state index contributed by atoms with van der Waals surface area (Å²) in [5.74, 6) is 0.422. The predicted molar refractivity (Wildman–Crippen MR) is 78.9 cm³/mol. The van der Waals surface area contributed by atoms with Crippen LogP contribution in [-0.4, -0.2) is 46.8 Å². The minimum Gasteiger partial charge on any atom is -0.451 e. The van der Waals surface area contributed by atoms with Gasteiger partial charge < -0.3 is 19.1 Å². The Morgan fingerprint density at radius 1 is 1.35 bits per heavy atom. The summed E-state index contributed by atoms with van der Waals surface area (Å²) < 4.78 is 10.1. The largest absolute Gasteiger partial charge is 0.451 e. The molecule has 1 aliphatic rings. The van der Waals surface area contributed by atoms with Crippen LogP contribution < -0.4 is 5.32 Å². The van der Waals surface area contributed by atoms with Crippen molar-refractivity contribution in [2.24, 2.45) is 0 Å². The van der Waals surface area contributed by atoms with Gasteiger partial charge in [-0.2, -0.15) is 0 Å². The molecule has 0 spiro atoms. The van der Waals surface area contributed by atoms with E-state index in [1.807, 2.05) is 0 Å². The van der Waals surface area contributed by atoms with Crippen LogP contribution >= 0.6 is 0 Å². The zero-order chi connectivity index (χ0) is 16.2. The second kappa shape index (κ2) is 6.64. The first-order valence-corrected chi connectivity index (χ1v) is 7.52.